The molecule has 0 bridgehead atoms. The second-order valence-corrected chi connectivity index (χ2v) is 6.02. The third kappa shape index (κ3) is 4.73. The number of amides is 1. The van der Waals surface area contributed by atoms with E-state index in [0.717, 1.165) is 63.2 Å². The molecule has 0 atom stereocenters. The average Bonchev–Trinajstić information content (AvgIpc) is 2.56. The Bertz CT molecular complexity index is 451. The number of unbranched alkanes of at least 4 members (excludes halogenated alkanes) is 1. The van der Waals surface area contributed by atoms with Crippen molar-refractivity contribution in [2.45, 2.75) is 32.6 Å². The fourth-order valence-corrected chi connectivity index (χ4v) is 2.84. The van der Waals surface area contributed by atoms with E-state index in [-0.39, 0.29) is 5.91 Å². The number of rotatable bonds is 7. The first kappa shape index (κ1) is 16.8. The summed E-state index contributed by atoms with van der Waals surface area (Å²) in [6, 6.07) is 7.56. The number of carbonyl (C=O) groups is 1. The van der Waals surface area contributed by atoms with Gasteiger partial charge < -0.3 is 15.0 Å². The molecular weight excluding hydrogens is 276 g/mol. The molecule has 1 heterocycles. The molecule has 0 unspecified atom stereocenters. The van der Waals surface area contributed by atoms with E-state index < -0.39 is 0 Å². The van der Waals surface area contributed by atoms with Crippen molar-refractivity contribution in [2.24, 2.45) is 5.92 Å². The van der Waals surface area contributed by atoms with Gasteiger partial charge in [-0.2, -0.15) is 0 Å². The van der Waals surface area contributed by atoms with E-state index in [2.05, 4.69) is 12.2 Å². The Morgan fingerprint density at radius 2 is 1.95 bits per heavy atom. The van der Waals surface area contributed by atoms with Gasteiger partial charge in [0.25, 0.3) is 5.91 Å². The van der Waals surface area contributed by atoms with Gasteiger partial charge in [-0.25, -0.2) is 0 Å². The molecule has 0 spiro atoms. The molecule has 2 rings (SSSR count). The lowest BCUT2D eigenvalue weighted by molar-refractivity contribution is 0.0691. The smallest absolute Gasteiger partial charge is 0.253 e. The minimum atomic E-state index is 0.142. The maximum atomic E-state index is 12.5. The molecule has 4 nitrogen and oxygen atoms in total. The summed E-state index contributed by atoms with van der Waals surface area (Å²) in [4.78, 5) is 14.5. The normalized spacial score (nSPS) is 15.8. The quantitative estimate of drug-likeness (QED) is 0.788. The van der Waals surface area contributed by atoms with Crippen molar-refractivity contribution >= 4 is 5.91 Å². The number of piperidine rings is 1. The van der Waals surface area contributed by atoms with Crippen molar-refractivity contribution in [2.75, 3.05) is 33.3 Å². The van der Waals surface area contributed by atoms with Crippen LogP contribution in [0, 0.1) is 5.92 Å². The molecule has 0 aliphatic carbocycles. The summed E-state index contributed by atoms with van der Waals surface area (Å²) >= 11 is 0. The second kappa shape index (κ2) is 8.79. The molecule has 0 aromatic heterocycles. The van der Waals surface area contributed by atoms with Crippen LogP contribution in [-0.4, -0.2) is 44.1 Å². The summed E-state index contributed by atoms with van der Waals surface area (Å²) < 4.78 is 5.64. The van der Waals surface area contributed by atoms with Gasteiger partial charge in [-0.05, 0) is 63.0 Å². The van der Waals surface area contributed by atoms with E-state index in [9.17, 15) is 4.79 Å². The predicted octanol–water partition coefficient (Wildman–Crippen LogP) is 2.94. The number of nitrogens with one attached hydrogen (secondary N) is 1. The molecular formula is C18H28N2O2. The molecule has 122 valence electrons. The number of benzene rings is 1. The minimum Gasteiger partial charge on any atom is -0.494 e. The fraction of sp³-hybridized carbons (Fsp3) is 0.611. The topological polar surface area (TPSA) is 41.6 Å². The lowest BCUT2D eigenvalue weighted by Crippen LogP contribution is -2.40. The molecule has 1 aliphatic rings. The van der Waals surface area contributed by atoms with Crippen LogP contribution in [0.5, 0.6) is 5.75 Å². The van der Waals surface area contributed by atoms with Crippen molar-refractivity contribution in [1.29, 1.82) is 0 Å². The highest BCUT2D eigenvalue weighted by molar-refractivity contribution is 5.94. The van der Waals surface area contributed by atoms with Crippen LogP contribution >= 0.6 is 0 Å². The van der Waals surface area contributed by atoms with Crippen LogP contribution in [0.3, 0.4) is 0 Å². The van der Waals surface area contributed by atoms with E-state index in [0.29, 0.717) is 5.92 Å². The third-order valence-electron chi connectivity index (χ3n) is 4.26. The molecule has 22 heavy (non-hydrogen) atoms. The average molecular weight is 304 g/mol. The van der Waals surface area contributed by atoms with Crippen LogP contribution in [0.1, 0.15) is 43.0 Å². The second-order valence-electron chi connectivity index (χ2n) is 6.02. The van der Waals surface area contributed by atoms with Crippen molar-refractivity contribution < 1.29 is 9.53 Å². The van der Waals surface area contributed by atoms with E-state index in [1.54, 1.807) is 0 Å². The molecule has 0 radical (unpaired) electrons. The number of ether oxygens (including phenoxy) is 1. The Kier molecular flexibility index (Phi) is 6.72. The van der Waals surface area contributed by atoms with Gasteiger partial charge in [0, 0.05) is 18.7 Å². The zero-order chi connectivity index (χ0) is 15.8. The summed E-state index contributed by atoms with van der Waals surface area (Å²) in [6.45, 7) is 5.65. The Labute approximate surface area is 133 Å². The summed E-state index contributed by atoms with van der Waals surface area (Å²) in [5.41, 5.74) is 0.759. The van der Waals surface area contributed by atoms with Gasteiger partial charge in [0.1, 0.15) is 5.75 Å². The van der Waals surface area contributed by atoms with Crippen LogP contribution in [0.25, 0.3) is 0 Å². The monoisotopic (exact) mass is 304 g/mol. The lowest BCUT2D eigenvalue weighted by Gasteiger charge is -2.32. The maximum absolute atomic E-state index is 12.5. The third-order valence-corrected chi connectivity index (χ3v) is 4.26. The fourth-order valence-electron chi connectivity index (χ4n) is 2.84. The standard InChI is InChI=1S/C18H28N2O2/c1-3-4-13-22-17-7-5-16(6-8-17)18(21)20-11-9-15(10-12-20)14-19-2/h5-8,15,19H,3-4,9-14H2,1-2H3. The van der Waals surface area contributed by atoms with E-state index in [1.807, 2.05) is 36.2 Å². The van der Waals surface area contributed by atoms with Gasteiger partial charge in [0.05, 0.1) is 6.61 Å². The highest BCUT2D eigenvalue weighted by atomic mass is 16.5. The van der Waals surface area contributed by atoms with Crippen molar-refractivity contribution in [1.82, 2.24) is 10.2 Å². The summed E-state index contributed by atoms with van der Waals surface area (Å²) in [7, 11) is 1.99. The zero-order valence-corrected chi connectivity index (χ0v) is 13.8. The summed E-state index contributed by atoms with van der Waals surface area (Å²) in [5, 5.41) is 3.22. The molecule has 1 aromatic carbocycles. The van der Waals surface area contributed by atoms with Gasteiger partial charge in [-0.3, -0.25) is 4.79 Å². The molecule has 1 aliphatic heterocycles. The summed E-state index contributed by atoms with van der Waals surface area (Å²) in [6.07, 6.45) is 4.36. The Morgan fingerprint density at radius 1 is 1.27 bits per heavy atom. The first-order valence-corrected chi connectivity index (χ1v) is 8.41. The number of hydrogen-bond acceptors (Lipinski definition) is 3. The first-order chi connectivity index (χ1) is 10.7. The number of carbonyl (C=O) groups excluding carboxylic acids is 1. The molecule has 1 fully saturated rings. The Hall–Kier alpha value is -1.55. The Balaban J connectivity index is 1.85. The van der Waals surface area contributed by atoms with Crippen LogP contribution in [0.2, 0.25) is 0 Å². The van der Waals surface area contributed by atoms with Gasteiger partial charge in [0.15, 0.2) is 0 Å². The van der Waals surface area contributed by atoms with Gasteiger partial charge in [-0.1, -0.05) is 13.3 Å². The van der Waals surface area contributed by atoms with Crippen LogP contribution in [0.15, 0.2) is 24.3 Å². The maximum Gasteiger partial charge on any atom is 0.253 e. The van der Waals surface area contributed by atoms with Gasteiger partial charge in [0.2, 0.25) is 0 Å². The summed E-state index contributed by atoms with van der Waals surface area (Å²) in [5.74, 6) is 1.68. The van der Waals surface area contributed by atoms with Gasteiger partial charge >= 0.3 is 0 Å². The number of hydrogen-bond donors (Lipinski definition) is 1. The SMILES string of the molecule is CCCCOc1ccc(C(=O)N2CCC(CNC)CC2)cc1. The van der Waals surface area contributed by atoms with Crippen molar-refractivity contribution in [3.05, 3.63) is 29.8 Å². The number of nitrogens with zero attached hydrogens (tertiary/aromatic N) is 1. The largest absolute Gasteiger partial charge is 0.494 e. The molecule has 1 aromatic rings. The molecule has 1 amide bonds. The van der Waals surface area contributed by atoms with Crippen LogP contribution in [-0.2, 0) is 0 Å². The predicted molar refractivity (Wildman–Crippen MR) is 89.4 cm³/mol. The zero-order valence-electron chi connectivity index (χ0n) is 13.8. The highest BCUT2D eigenvalue weighted by Gasteiger charge is 2.23. The highest BCUT2D eigenvalue weighted by Crippen LogP contribution is 2.20. The van der Waals surface area contributed by atoms with Crippen molar-refractivity contribution in [3.8, 4) is 5.75 Å². The lowest BCUT2D eigenvalue weighted by atomic mass is 9.96. The Morgan fingerprint density at radius 3 is 2.55 bits per heavy atom. The van der Waals surface area contributed by atoms with Crippen LogP contribution in [0.4, 0.5) is 0 Å². The molecule has 0 saturated carbocycles. The molecule has 4 heteroatoms. The minimum absolute atomic E-state index is 0.142. The first-order valence-electron chi connectivity index (χ1n) is 8.41. The van der Waals surface area contributed by atoms with Crippen molar-refractivity contribution in [3.63, 3.8) is 0 Å². The van der Waals surface area contributed by atoms with E-state index in [4.69, 9.17) is 4.74 Å². The molecule has 1 N–H and O–H groups in total. The number of likely N-dealkylation sites (tertiary alicyclic amines) is 1. The van der Waals surface area contributed by atoms with Crippen LogP contribution < -0.4 is 10.1 Å². The van der Waals surface area contributed by atoms with E-state index in [1.165, 1.54) is 0 Å². The van der Waals surface area contributed by atoms with Gasteiger partial charge in [-0.15, -0.1) is 0 Å². The molecule has 1 saturated heterocycles. The van der Waals surface area contributed by atoms with E-state index >= 15 is 0 Å².